The molecule has 1 N–H and O–H groups in total. The van der Waals surface area contributed by atoms with Gasteiger partial charge in [-0.3, -0.25) is 0 Å². The van der Waals surface area contributed by atoms with Gasteiger partial charge in [-0.25, -0.2) is 0 Å². The van der Waals surface area contributed by atoms with E-state index in [0.717, 1.165) is 0 Å². The molecular weight excluding hydrogens is 226 g/mol. The largest absolute Gasteiger partial charge is 0.314 e. The molecule has 1 aromatic rings. The Balaban J connectivity index is 1.92. The summed E-state index contributed by atoms with van der Waals surface area (Å²) in [6.07, 6.45) is 9.47. The zero-order valence-electron chi connectivity index (χ0n) is 11.4. The Labute approximate surface area is 111 Å². The second kappa shape index (κ2) is 9.67. The van der Waals surface area contributed by atoms with E-state index >= 15 is 0 Å². The summed E-state index contributed by atoms with van der Waals surface area (Å²) in [6, 6.07) is 4.98. The lowest BCUT2D eigenvalue weighted by Gasteiger charge is -2.12. The lowest BCUT2D eigenvalue weighted by Crippen LogP contribution is -2.28. The predicted molar refractivity (Wildman–Crippen MR) is 78.9 cm³/mol. The minimum absolute atomic E-state index is 0.615. The number of thiophene rings is 1. The van der Waals surface area contributed by atoms with Crippen LogP contribution in [0.15, 0.2) is 17.5 Å². The van der Waals surface area contributed by atoms with Crippen molar-refractivity contribution in [3.05, 3.63) is 22.4 Å². The first-order chi connectivity index (χ1) is 8.33. The molecule has 0 bridgehead atoms. The minimum Gasteiger partial charge on any atom is -0.314 e. The Morgan fingerprint density at radius 2 is 1.94 bits per heavy atom. The van der Waals surface area contributed by atoms with Crippen molar-refractivity contribution in [3.63, 3.8) is 0 Å². The van der Waals surface area contributed by atoms with Gasteiger partial charge in [0.1, 0.15) is 0 Å². The zero-order valence-corrected chi connectivity index (χ0v) is 12.2. The summed E-state index contributed by atoms with van der Waals surface area (Å²) in [5, 5.41) is 5.78. The Morgan fingerprint density at radius 3 is 2.65 bits per heavy atom. The van der Waals surface area contributed by atoms with Crippen molar-refractivity contribution < 1.29 is 0 Å². The van der Waals surface area contributed by atoms with Gasteiger partial charge in [-0.05, 0) is 37.8 Å². The first-order valence-corrected chi connectivity index (χ1v) is 7.96. The monoisotopic (exact) mass is 253 g/mol. The van der Waals surface area contributed by atoms with Crippen LogP contribution in [0.3, 0.4) is 0 Å². The van der Waals surface area contributed by atoms with E-state index in [0.29, 0.717) is 6.04 Å². The quantitative estimate of drug-likeness (QED) is 0.600. The molecule has 0 radical (unpaired) electrons. The van der Waals surface area contributed by atoms with Gasteiger partial charge in [-0.15, -0.1) is 11.3 Å². The van der Waals surface area contributed by atoms with E-state index in [1.54, 1.807) is 0 Å². The fourth-order valence-corrected chi connectivity index (χ4v) is 2.89. The summed E-state index contributed by atoms with van der Waals surface area (Å²) >= 11 is 1.86. The van der Waals surface area contributed by atoms with Crippen molar-refractivity contribution in [1.29, 1.82) is 0 Å². The van der Waals surface area contributed by atoms with Crippen molar-refractivity contribution in [2.45, 2.75) is 64.8 Å². The maximum atomic E-state index is 3.62. The summed E-state index contributed by atoms with van der Waals surface area (Å²) < 4.78 is 0. The number of unbranched alkanes of at least 4 members (excludes halogenated alkanes) is 5. The first kappa shape index (κ1) is 14.7. The summed E-state index contributed by atoms with van der Waals surface area (Å²) in [6.45, 7) is 5.74. The third-order valence-corrected chi connectivity index (χ3v) is 4.01. The molecule has 17 heavy (non-hydrogen) atoms. The van der Waals surface area contributed by atoms with E-state index in [9.17, 15) is 0 Å². The lowest BCUT2D eigenvalue weighted by atomic mass is 10.1. The molecule has 1 aromatic heterocycles. The van der Waals surface area contributed by atoms with Crippen LogP contribution in [0.25, 0.3) is 0 Å². The van der Waals surface area contributed by atoms with Crippen LogP contribution in [-0.4, -0.2) is 12.6 Å². The minimum atomic E-state index is 0.615. The highest BCUT2D eigenvalue weighted by molar-refractivity contribution is 7.09. The second-order valence-corrected chi connectivity index (χ2v) is 5.94. The number of hydrogen-bond acceptors (Lipinski definition) is 2. The molecule has 1 unspecified atom stereocenters. The van der Waals surface area contributed by atoms with Crippen LogP contribution in [0.1, 0.15) is 57.2 Å². The molecule has 0 aliphatic heterocycles. The van der Waals surface area contributed by atoms with Gasteiger partial charge in [0.05, 0.1) is 0 Å². The van der Waals surface area contributed by atoms with Crippen LogP contribution < -0.4 is 5.32 Å². The summed E-state index contributed by atoms with van der Waals surface area (Å²) in [7, 11) is 0. The lowest BCUT2D eigenvalue weighted by molar-refractivity contribution is 0.513. The first-order valence-electron chi connectivity index (χ1n) is 7.08. The van der Waals surface area contributed by atoms with E-state index in [1.165, 1.54) is 56.4 Å². The van der Waals surface area contributed by atoms with Gasteiger partial charge in [0.2, 0.25) is 0 Å². The van der Waals surface area contributed by atoms with Gasteiger partial charge in [0.25, 0.3) is 0 Å². The maximum Gasteiger partial charge on any atom is 0.00870 e. The van der Waals surface area contributed by atoms with E-state index in [1.807, 2.05) is 11.3 Å². The molecule has 2 heteroatoms. The standard InChI is InChI=1S/C15H27NS/c1-3-4-5-6-7-8-11-16-14(2)13-15-10-9-12-17-15/h9-10,12,14,16H,3-8,11,13H2,1-2H3. The van der Waals surface area contributed by atoms with Crippen LogP contribution in [0.5, 0.6) is 0 Å². The maximum absolute atomic E-state index is 3.62. The van der Waals surface area contributed by atoms with E-state index < -0.39 is 0 Å². The van der Waals surface area contributed by atoms with Gasteiger partial charge in [0.15, 0.2) is 0 Å². The zero-order chi connectivity index (χ0) is 12.3. The van der Waals surface area contributed by atoms with Crippen LogP contribution in [0.2, 0.25) is 0 Å². The molecule has 0 spiro atoms. The van der Waals surface area contributed by atoms with Crippen molar-refractivity contribution in [3.8, 4) is 0 Å². The molecule has 0 aliphatic carbocycles. The molecule has 1 heterocycles. The van der Waals surface area contributed by atoms with Crippen LogP contribution in [-0.2, 0) is 6.42 Å². The van der Waals surface area contributed by atoms with Crippen molar-refractivity contribution in [2.75, 3.05) is 6.54 Å². The third kappa shape index (κ3) is 7.56. The Bertz CT molecular complexity index is 256. The van der Waals surface area contributed by atoms with Gasteiger partial charge < -0.3 is 5.32 Å². The molecule has 1 nitrogen and oxygen atoms in total. The van der Waals surface area contributed by atoms with E-state index in [2.05, 4.69) is 36.7 Å². The average molecular weight is 253 g/mol. The molecule has 0 saturated carbocycles. The molecule has 0 aromatic carbocycles. The molecular formula is C15H27NS. The van der Waals surface area contributed by atoms with Gasteiger partial charge in [-0.2, -0.15) is 0 Å². The second-order valence-electron chi connectivity index (χ2n) is 4.91. The highest BCUT2D eigenvalue weighted by Crippen LogP contribution is 2.11. The molecule has 0 amide bonds. The summed E-state index contributed by atoms with van der Waals surface area (Å²) in [5.41, 5.74) is 0. The van der Waals surface area contributed by atoms with Crippen molar-refractivity contribution in [2.24, 2.45) is 0 Å². The number of rotatable bonds is 10. The van der Waals surface area contributed by atoms with E-state index in [-0.39, 0.29) is 0 Å². The van der Waals surface area contributed by atoms with Crippen molar-refractivity contribution >= 4 is 11.3 Å². The van der Waals surface area contributed by atoms with Crippen LogP contribution >= 0.6 is 11.3 Å². The van der Waals surface area contributed by atoms with Gasteiger partial charge >= 0.3 is 0 Å². The average Bonchev–Trinajstić information content (AvgIpc) is 2.80. The van der Waals surface area contributed by atoms with Gasteiger partial charge in [0, 0.05) is 10.9 Å². The third-order valence-electron chi connectivity index (χ3n) is 3.11. The van der Waals surface area contributed by atoms with Crippen molar-refractivity contribution in [1.82, 2.24) is 5.32 Å². The Morgan fingerprint density at radius 1 is 1.18 bits per heavy atom. The highest BCUT2D eigenvalue weighted by atomic mass is 32.1. The van der Waals surface area contributed by atoms with Crippen LogP contribution in [0.4, 0.5) is 0 Å². The smallest absolute Gasteiger partial charge is 0.00870 e. The van der Waals surface area contributed by atoms with Crippen LogP contribution in [0, 0.1) is 0 Å². The topological polar surface area (TPSA) is 12.0 Å². The number of hydrogen-bond donors (Lipinski definition) is 1. The summed E-state index contributed by atoms with van der Waals surface area (Å²) in [5.74, 6) is 0. The molecule has 0 aliphatic rings. The van der Waals surface area contributed by atoms with Gasteiger partial charge in [-0.1, -0.05) is 45.1 Å². The molecule has 1 atom stereocenters. The SMILES string of the molecule is CCCCCCCCNC(C)Cc1cccs1. The van der Waals surface area contributed by atoms with E-state index in [4.69, 9.17) is 0 Å². The fourth-order valence-electron chi connectivity index (χ4n) is 2.06. The molecule has 1 rings (SSSR count). The molecule has 98 valence electrons. The summed E-state index contributed by atoms with van der Waals surface area (Å²) in [4.78, 5) is 1.49. The predicted octanol–water partition coefficient (Wildman–Crippen LogP) is 4.63. The molecule has 0 fully saturated rings. The Kier molecular flexibility index (Phi) is 8.37. The Hall–Kier alpha value is -0.340. The number of nitrogens with one attached hydrogen (secondary N) is 1. The highest BCUT2D eigenvalue weighted by Gasteiger charge is 2.02. The fraction of sp³-hybridized carbons (Fsp3) is 0.733. The normalized spacial score (nSPS) is 12.8. The molecule has 0 saturated heterocycles.